The zero-order valence-electron chi connectivity index (χ0n) is 20.2. The number of rotatable bonds is 8. The summed E-state index contributed by atoms with van der Waals surface area (Å²) in [5, 5.41) is 7.74. The number of aryl methyl sites for hydroxylation is 4. The summed E-state index contributed by atoms with van der Waals surface area (Å²) in [5.41, 5.74) is 4.04. The summed E-state index contributed by atoms with van der Waals surface area (Å²) in [5.74, 6) is 0.885. The Kier molecular flexibility index (Phi) is 7.63. The van der Waals surface area contributed by atoms with Crippen LogP contribution in [0.5, 0.6) is 0 Å². The molecule has 1 aliphatic carbocycles. The highest BCUT2D eigenvalue weighted by Gasteiger charge is 2.22. The minimum absolute atomic E-state index is 0.0889. The first kappa shape index (κ1) is 24.5. The van der Waals surface area contributed by atoms with Crippen LogP contribution in [0.15, 0.2) is 59.6 Å². The first-order chi connectivity index (χ1) is 17.5. The molecule has 1 aliphatic rings. The molecule has 2 amide bonds. The van der Waals surface area contributed by atoms with Crippen molar-refractivity contribution in [2.45, 2.75) is 50.5 Å². The van der Waals surface area contributed by atoms with E-state index >= 15 is 0 Å². The highest BCUT2D eigenvalue weighted by atomic mass is 32.2. The SMILES string of the molecule is CC(=O)Nc1ccc(NC(=O)CSc2nc(CCc3ccccc3)nc3sc4c(c23)CCCC4)cc1. The molecule has 6 nitrogen and oxygen atoms in total. The number of benzene rings is 2. The number of nitrogens with one attached hydrogen (secondary N) is 2. The lowest BCUT2D eigenvalue weighted by Crippen LogP contribution is -2.14. The van der Waals surface area contributed by atoms with Crippen LogP contribution in [0, 0.1) is 0 Å². The molecule has 36 heavy (non-hydrogen) atoms. The van der Waals surface area contributed by atoms with Crippen LogP contribution in [-0.2, 0) is 35.3 Å². The summed E-state index contributed by atoms with van der Waals surface area (Å²) in [6.45, 7) is 1.47. The van der Waals surface area contributed by atoms with E-state index in [0.717, 1.165) is 46.8 Å². The van der Waals surface area contributed by atoms with Crippen LogP contribution in [0.3, 0.4) is 0 Å². The Labute approximate surface area is 218 Å². The maximum absolute atomic E-state index is 12.8. The molecule has 2 N–H and O–H groups in total. The number of nitrogens with zero attached hydrogens (tertiary/aromatic N) is 2. The second-order valence-electron chi connectivity index (χ2n) is 8.92. The van der Waals surface area contributed by atoms with Gasteiger partial charge in [-0.05, 0) is 67.5 Å². The highest BCUT2D eigenvalue weighted by molar-refractivity contribution is 8.00. The molecule has 0 aliphatic heterocycles. The van der Waals surface area contributed by atoms with Crippen molar-refractivity contribution in [1.29, 1.82) is 0 Å². The van der Waals surface area contributed by atoms with Gasteiger partial charge in [-0.1, -0.05) is 42.1 Å². The van der Waals surface area contributed by atoms with Crippen LogP contribution in [-0.4, -0.2) is 27.5 Å². The average Bonchev–Trinajstić information content (AvgIpc) is 3.26. The van der Waals surface area contributed by atoms with Gasteiger partial charge in [0.05, 0.1) is 5.75 Å². The van der Waals surface area contributed by atoms with Crippen molar-refractivity contribution < 1.29 is 9.59 Å². The number of anilines is 2. The van der Waals surface area contributed by atoms with Gasteiger partial charge < -0.3 is 10.6 Å². The van der Waals surface area contributed by atoms with Gasteiger partial charge in [0.25, 0.3) is 0 Å². The van der Waals surface area contributed by atoms with Crippen LogP contribution in [0.2, 0.25) is 0 Å². The summed E-state index contributed by atoms with van der Waals surface area (Å²) < 4.78 is 0. The van der Waals surface area contributed by atoms with Crippen molar-refractivity contribution in [3.05, 3.63) is 76.4 Å². The molecule has 0 saturated heterocycles. The number of amides is 2. The lowest BCUT2D eigenvalue weighted by Gasteiger charge is -2.12. The molecule has 0 radical (unpaired) electrons. The first-order valence-electron chi connectivity index (χ1n) is 12.2. The Hall–Kier alpha value is -3.23. The molecule has 0 bridgehead atoms. The third-order valence-corrected chi connectivity index (χ3v) is 8.30. The van der Waals surface area contributed by atoms with Crippen LogP contribution in [0.4, 0.5) is 11.4 Å². The summed E-state index contributed by atoms with van der Waals surface area (Å²) in [6, 6.07) is 17.5. The fraction of sp³-hybridized carbons (Fsp3) is 0.286. The molecule has 0 unspecified atom stereocenters. The zero-order chi connectivity index (χ0) is 24.9. The Bertz CT molecular complexity index is 1380. The summed E-state index contributed by atoms with van der Waals surface area (Å²) in [6.07, 6.45) is 6.23. The fourth-order valence-electron chi connectivity index (χ4n) is 4.45. The molecule has 2 heterocycles. The predicted octanol–water partition coefficient (Wildman–Crippen LogP) is 6.04. The van der Waals surface area contributed by atoms with Gasteiger partial charge in [-0.2, -0.15) is 0 Å². The maximum atomic E-state index is 12.8. The van der Waals surface area contributed by atoms with E-state index < -0.39 is 0 Å². The van der Waals surface area contributed by atoms with Gasteiger partial charge >= 0.3 is 0 Å². The van der Waals surface area contributed by atoms with Gasteiger partial charge in [0, 0.05) is 35.0 Å². The standard InChI is InChI=1S/C28H28N4O2S2/c1-18(33)29-20-12-14-21(15-13-20)30-25(34)17-35-27-26-22-9-5-6-10-23(22)36-28(26)32-24(31-27)16-11-19-7-3-2-4-8-19/h2-4,7-8,12-15H,5-6,9-11,16-17H2,1H3,(H,29,33)(H,30,34). The number of thiophene rings is 1. The van der Waals surface area contributed by atoms with E-state index in [4.69, 9.17) is 9.97 Å². The van der Waals surface area contributed by atoms with Crippen molar-refractivity contribution >= 4 is 56.5 Å². The zero-order valence-corrected chi connectivity index (χ0v) is 21.8. The smallest absolute Gasteiger partial charge is 0.234 e. The number of fused-ring (bicyclic) bond motifs is 3. The van der Waals surface area contributed by atoms with Gasteiger partial charge in [-0.25, -0.2) is 9.97 Å². The minimum Gasteiger partial charge on any atom is -0.326 e. The first-order valence-corrected chi connectivity index (χ1v) is 14.0. The van der Waals surface area contributed by atoms with E-state index in [-0.39, 0.29) is 17.6 Å². The number of carbonyl (C=O) groups excluding carboxylic acids is 2. The average molecular weight is 517 g/mol. The normalized spacial score (nSPS) is 12.8. The lowest BCUT2D eigenvalue weighted by atomic mass is 9.97. The monoisotopic (exact) mass is 516 g/mol. The maximum Gasteiger partial charge on any atom is 0.234 e. The van der Waals surface area contributed by atoms with E-state index in [1.165, 1.54) is 47.5 Å². The molecule has 5 rings (SSSR count). The Morgan fingerprint density at radius 3 is 2.39 bits per heavy atom. The van der Waals surface area contributed by atoms with Crippen LogP contribution >= 0.6 is 23.1 Å². The number of carbonyl (C=O) groups is 2. The highest BCUT2D eigenvalue weighted by Crippen LogP contribution is 2.39. The molecule has 0 atom stereocenters. The fourth-order valence-corrected chi connectivity index (χ4v) is 6.67. The number of thioether (sulfide) groups is 1. The molecule has 184 valence electrons. The molecule has 2 aromatic carbocycles. The van der Waals surface area contributed by atoms with E-state index in [9.17, 15) is 9.59 Å². The minimum atomic E-state index is -0.127. The molecule has 0 spiro atoms. The number of aromatic nitrogens is 2. The Balaban J connectivity index is 1.32. The Morgan fingerprint density at radius 1 is 0.917 bits per heavy atom. The second kappa shape index (κ2) is 11.2. The van der Waals surface area contributed by atoms with E-state index in [1.54, 1.807) is 35.6 Å². The quantitative estimate of drug-likeness (QED) is 0.220. The third kappa shape index (κ3) is 5.94. The van der Waals surface area contributed by atoms with Crippen molar-refractivity contribution in [3.8, 4) is 0 Å². The third-order valence-electron chi connectivity index (χ3n) is 6.14. The molecular formula is C28H28N4O2S2. The lowest BCUT2D eigenvalue weighted by molar-refractivity contribution is -0.114. The van der Waals surface area contributed by atoms with Gasteiger partial charge in [-0.3, -0.25) is 9.59 Å². The van der Waals surface area contributed by atoms with Crippen LogP contribution < -0.4 is 10.6 Å². The van der Waals surface area contributed by atoms with Gasteiger partial charge in [0.1, 0.15) is 15.7 Å². The van der Waals surface area contributed by atoms with Crippen molar-refractivity contribution in [3.63, 3.8) is 0 Å². The van der Waals surface area contributed by atoms with Crippen LogP contribution in [0.1, 0.15) is 41.6 Å². The topological polar surface area (TPSA) is 84.0 Å². The number of hydrogen-bond donors (Lipinski definition) is 2. The molecule has 4 aromatic rings. The van der Waals surface area contributed by atoms with Gasteiger partial charge in [0.15, 0.2) is 0 Å². The van der Waals surface area contributed by atoms with E-state index in [1.807, 2.05) is 6.07 Å². The van der Waals surface area contributed by atoms with E-state index in [0.29, 0.717) is 11.4 Å². The van der Waals surface area contributed by atoms with Crippen molar-refractivity contribution in [2.24, 2.45) is 0 Å². The number of hydrogen-bond acceptors (Lipinski definition) is 6. The van der Waals surface area contributed by atoms with Crippen molar-refractivity contribution in [1.82, 2.24) is 9.97 Å². The summed E-state index contributed by atoms with van der Waals surface area (Å²) >= 11 is 3.29. The molecule has 0 saturated carbocycles. The second-order valence-corrected chi connectivity index (χ2v) is 11.0. The largest absolute Gasteiger partial charge is 0.326 e. The molecule has 8 heteroatoms. The molecular weight excluding hydrogens is 488 g/mol. The predicted molar refractivity (Wildman–Crippen MR) is 148 cm³/mol. The van der Waals surface area contributed by atoms with Crippen LogP contribution in [0.25, 0.3) is 10.2 Å². The molecule has 0 fully saturated rings. The van der Waals surface area contributed by atoms with Gasteiger partial charge in [0.2, 0.25) is 11.8 Å². The summed E-state index contributed by atoms with van der Waals surface area (Å²) in [4.78, 5) is 36.3. The van der Waals surface area contributed by atoms with Gasteiger partial charge in [-0.15, -0.1) is 11.3 Å². The van der Waals surface area contributed by atoms with E-state index in [2.05, 4.69) is 34.9 Å². The summed E-state index contributed by atoms with van der Waals surface area (Å²) in [7, 11) is 0. The van der Waals surface area contributed by atoms with Crippen molar-refractivity contribution in [2.75, 3.05) is 16.4 Å². The Morgan fingerprint density at radius 2 is 1.64 bits per heavy atom. The molecule has 2 aromatic heterocycles.